The smallest absolute Gasteiger partial charge is 0.248 e. The van der Waals surface area contributed by atoms with E-state index in [1.54, 1.807) is 24.3 Å². The molecule has 2 rings (SSSR count). The van der Waals surface area contributed by atoms with Crippen LogP contribution in [0.15, 0.2) is 46.0 Å². The third-order valence-corrected chi connectivity index (χ3v) is 1.83. The van der Waals surface area contributed by atoms with Crippen molar-refractivity contribution in [3.8, 4) is 11.4 Å². The molecule has 5 heteroatoms. The second kappa shape index (κ2) is 4.86. The minimum absolute atomic E-state index is 0. The van der Waals surface area contributed by atoms with Gasteiger partial charge in [0.2, 0.25) is 11.1 Å². The molecule has 2 aromatic rings. The van der Waals surface area contributed by atoms with Gasteiger partial charge in [-0.05, 0) is 12.1 Å². The Hall–Kier alpha value is -1.45. The van der Waals surface area contributed by atoms with Crippen LogP contribution < -0.4 is 11.1 Å². The normalized spacial score (nSPS) is 9.33. The standard InChI is InChI=1S/C10H8N2O2.Ir/c13-9-5-1-3-7(11-9)8-4-2-6-10(14)12-8;/h1-6H,(H,11,13)(H,12,14);. The van der Waals surface area contributed by atoms with E-state index in [-0.39, 0.29) is 31.2 Å². The van der Waals surface area contributed by atoms with Crippen LogP contribution >= 0.6 is 0 Å². The van der Waals surface area contributed by atoms with Crippen molar-refractivity contribution in [2.45, 2.75) is 0 Å². The Kier molecular flexibility index (Phi) is 3.77. The zero-order valence-electron chi connectivity index (χ0n) is 7.61. The zero-order valence-corrected chi connectivity index (χ0v) is 10.0. The molecule has 0 fully saturated rings. The summed E-state index contributed by atoms with van der Waals surface area (Å²) in [6.45, 7) is 0. The topological polar surface area (TPSA) is 65.7 Å². The van der Waals surface area contributed by atoms with Crippen molar-refractivity contribution in [2.75, 3.05) is 0 Å². The molecule has 2 heterocycles. The monoisotopic (exact) mass is 381 g/mol. The van der Waals surface area contributed by atoms with Crippen molar-refractivity contribution in [3.63, 3.8) is 0 Å². The van der Waals surface area contributed by atoms with Gasteiger partial charge in [0.1, 0.15) is 0 Å². The van der Waals surface area contributed by atoms with Gasteiger partial charge in [-0.2, -0.15) is 0 Å². The number of nitrogens with one attached hydrogen (secondary N) is 2. The van der Waals surface area contributed by atoms with E-state index in [1.165, 1.54) is 12.1 Å². The third-order valence-electron chi connectivity index (χ3n) is 1.83. The molecule has 0 saturated heterocycles. The first kappa shape index (κ1) is 11.6. The van der Waals surface area contributed by atoms with Gasteiger partial charge in [-0.1, -0.05) is 12.1 Å². The first-order valence-corrected chi connectivity index (χ1v) is 4.15. The summed E-state index contributed by atoms with van der Waals surface area (Å²) in [7, 11) is 0. The van der Waals surface area contributed by atoms with E-state index in [0.29, 0.717) is 11.4 Å². The Morgan fingerprint density at radius 1 is 0.733 bits per heavy atom. The summed E-state index contributed by atoms with van der Waals surface area (Å²) >= 11 is 0. The van der Waals surface area contributed by atoms with Crippen LogP contribution in [0.3, 0.4) is 0 Å². The summed E-state index contributed by atoms with van der Waals surface area (Å²) in [6, 6.07) is 9.58. The van der Waals surface area contributed by atoms with Gasteiger partial charge >= 0.3 is 0 Å². The van der Waals surface area contributed by atoms with Gasteiger partial charge in [-0.3, -0.25) is 9.59 Å². The fourth-order valence-electron chi connectivity index (χ4n) is 1.21. The van der Waals surface area contributed by atoms with Crippen molar-refractivity contribution < 1.29 is 20.1 Å². The fraction of sp³-hybridized carbons (Fsp3) is 0. The number of H-pyrrole nitrogens is 2. The maximum atomic E-state index is 11.0. The molecule has 4 nitrogen and oxygen atoms in total. The molecule has 0 aromatic carbocycles. The van der Waals surface area contributed by atoms with Gasteiger partial charge in [-0.15, -0.1) is 0 Å². The number of rotatable bonds is 1. The Labute approximate surface area is 98.7 Å². The van der Waals surface area contributed by atoms with Crippen LogP contribution in [0.25, 0.3) is 11.4 Å². The molecule has 0 aliphatic heterocycles. The van der Waals surface area contributed by atoms with Crippen molar-refractivity contribution in [2.24, 2.45) is 0 Å². The Morgan fingerprint density at radius 3 is 1.47 bits per heavy atom. The average molecular weight is 380 g/mol. The molecule has 0 aliphatic rings. The molecule has 15 heavy (non-hydrogen) atoms. The summed E-state index contributed by atoms with van der Waals surface area (Å²) in [5.74, 6) is 0. The van der Waals surface area contributed by atoms with E-state index >= 15 is 0 Å². The van der Waals surface area contributed by atoms with Crippen LogP contribution in [0, 0.1) is 0 Å². The second-order valence-electron chi connectivity index (χ2n) is 2.86. The average Bonchev–Trinajstić information content (AvgIpc) is 2.18. The molecule has 0 unspecified atom stereocenters. The van der Waals surface area contributed by atoms with E-state index in [0.717, 1.165) is 0 Å². The Bertz CT molecular complexity index is 508. The predicted molar refractivity (Wildman–Crippen MR) is 53.1 cm³/mol. The summed E-state index contributed by atoms with van der Waals surface area (Å²) in [6.07, 6.45) is 0. The van der Waals surface area contributed by atoms with Crippen molar-refractivity contribution in [1.82, 2.24) is 9.97 Å². The van der Waals surface area contributed by atoms with Gasteiger partial charge < -0.3 is 9.97 Å². The van der Waals surface area contributed by atoms with Gasteiger partial charge in [0.25, 0.3) is 0 Å². The number of pyridine rings is 2. The third kappa shape index (κ3) is 2.75. The molecule has 2 aromatic heterocycles. The van der Waals surface area contributed by atoms with E-state index in [4.69, 9.17) is 0 Å². The summed E-state index contributed by atoms with van der Waals surface area (Å²) in [4.78, 5) is 27.3. The summed E-state index contributed by atoms with van der Waals surface area (Å²) in [5, 5.41) is 0. The minimum atomic E-state index is -0.188. The zero-order chi connectivity index (χ0) is 9.97. The molecule has 1 radical (unpaired) electrons. The maximum Gasteiger partial charge on any atom is 0.248 e. The summed E-state index contributed by atoms with van der Waals surface area (Å²) in [5.41, 5.74) is 0.838. The van der Waals surface area contributed by atoms with E-state index in [9.17, 15) is 9.59 Å². The quantitative estimate of drug-likeness (QED) is 0.766. The number of hydrogen-bond acceptors (Lipinski definition) is 2. The Balaban J connectivity index is 0.00000112. The van der Waals surface area contributed by atoms with E-state index in [1.807, 2.05) is 0 Å². The summed E-state index contributed by atoms with van der Waals surface area (Å²) < 4.78 is 0. The van der Waals surface area contributed by atoms with Crippen molar-refractivity contribution >= 4 is 0 Å². The van der Waals surface area contributed by atoms with Crippen LogP contribution in [0.2, 0.25) is 0 Å². The van der Waals surface area contributed by atoms with Crippen LogP contribution in [-0.2, 0) is 20.1 Å². The number of aromatic amines is 2. The first-order valence-electron chi connectivity index (χ1n) is 4.15. The molecule has 0 amide bonds. The molecular formula is C10H8IrN2O2. The van der Waals surface area contributed by atoms with Crippen LogP contribution in [0.1, 0.15) is 0 Å². The van der Waals surface area contributed by atoms with Gasteiger partial charge in [-0.25, -0.2) is 0 Å². The minimum Gasteiger partial charge on any atom is -0.321 e. The SMILES string of the molecule is O=c1cccc(-c2cccc(=O)[nH]2)[nH]1.[Ir]. The molecule has 2 N–H and O–H groups in total. The van der Waals surface area contributed by atoms with Gasteiger partial charge in [0.05, 0.1) is 11.4 Å². The molecule has 0 saturated carbocycles. The predicted octanol–water partition coefficient (Wildman–Crippen LogP) is 0.728. The fourth-order valence-corrected chi connectivity index (χ4v) is 1.21. The molecule has 0 bridgehead atoms. The van der Waals surface area contributed by atoms with Crippen LogP contribution in [-0.4, -0.2) is 9.97 Å². The largest absolute Gasteiger partial charge is 0.321 e. The van der Waals surface area contributed by atoms with Crippen molar-refractivity contribution in [1.29, 1.82) is 0 Å². The number of aromatic nitrogens is 2. The molecule has 0 spiro atoms. The van der Waals surface area contributed by atoms with Crippen LogP contribution in [0.4, 0.5) is 0 Å². The van der Waals surface area contributed by atoms with Crippen LogP contribution in [0.5, 0.6) is 0 Å². The van der Waals surface area contributed by atoms with Crippen molar-refractivity contribution in [3.05, 3.63) is 57.1 Å². The van der Waals surface area contributed by atoms with E-state index in [2.05, 4.69) is 9.97 Å². The molecule has 0 atom stereocenters. The molecule has 0 aliphatic carbocycles. The second-order valence-corrected chi connectivity index (χ2v) is 2.86. The molecular weight excluding hydrogens is 372 g/mol. The maximum absolute atomic E-state index is 11.0. The van der Waals surface area contributed by atoms with Gasteiger partial charge in [0, 0.05) is 32.2 Å². The first-order chi connectivity index (χ1) is 6.75. The molecule has 79 valence electrons. The number of hydrogen-bond donors (Lipinski definition) is 2. The van der Waals surface area contributed by atoms with Gasteiger partial charge in [0.15, 0.2) is 0 Å². The van der Waals surface area contributed by atoms with E-state index < -0.39 is 0 Å². The Morgan fingerprint density at radius 2 is 1.13 bits per heavy atom.